The van der Waals surface area contributed by atoms with Crippen LogP contribution in [0.4, 0.5) is 5.95 Å². The molecule has 2 atom stereocenters. The summed E-state index contributed by atoms with van der Waals surface area (Å²) in [6.07, 6.45) is 3.43. The third kappa shape index (κ3) is 2.36. The topological polar surface area (TPSA) is 95.5 Å². The van der Waals surface area contributed by atoms with E-state index in [-0.39, 0.29) is 6.04 Å². The number of nitriles is 1. The molecule has 1 aliphatic rings. The summed E-state index contributed by atoms with van der Waals surface area (Å²) in [5, 5.41) is 26.0. The van der Waals surface area contributed by atoms with Gasteiger partial charge in [-0.2, -0.15) is 5.26 Å². The Kier molecular flexibility index (Phi) is 3.03. The lowest BCUT2D eigenvalue weighted by Gasteiger charge is -2.28. The molecular weight excluding hydrogens is 246 g/mol. The summed E-state index contributed by atoms with van der Waals surface area (Å²) in [7, 11) is 0. The molecule has 0 radical (unpaired) electrons. The van der Waals surface area contributed by atoms with Gasteiger partial charge in [-0.25, -0.2) is 9.50 Å². The minimum Gasteiger partial charge on any atom is -0.389 e. The molecule has 0 bridgehead atoms. The Morgan fingerprint density at radius 1 is 1.58 bits per heavy atom. The van der Waals surface area contributed by atoms with Crippen molar-refractivity contribution in [3.8, 4) is 6.07 Å². The lowest BCUT2D eigenvalue weighted by molar-refractivity contribution is -0.0136. The molecule has 98 valence electrons. The minimum absolute atomic E-state index is 0.114. The maximum atomic E-state index is 9.79. The number of ether oxygens (including phenoxy) is 1. The molecule has 7 nitrogen and oxygen atoms in total. The number of rotatable bonds is 2. The largest absolute Gasteiger partial charge is 0.389 e. The Morgan fingerprint density at radius 3 is 3.26 bits per heavy atom. The average Bonchev–Trinajstić information content (AvgIpc) is 2.83. The van der Waals surface area contributed by atoms with E-state index >= 15 is 0 Å². The third-order valence-corrected chi connectivity index (χ3v) is 3.12. The SMILES string of the molecule is N#Cc1cc2cnc(N[C@H]3CCOC[C@@H]3O)nn2c1. The predicted molar refractivity (Wildman–Crippen MR) is 66.6 cm³/mol. The van der Waals surface area contributed by atoms with Gasteiger partial charge in [-0.1, -0.05) is 0 Å². The van der Waals surface area contributed by atoms with Crippen LogP contribution in [0.15, 0.2) is 18.5 Å². The van der Waals surface area contributed by atoms with Gasteiger partial charge in [0.1, 0.15) is 6.07 Å². The zero-order valence-electron chi connectivity index (χ0n) is 10.2. The number of hydrogen-bond donors (Lipinski definition) is 2. The van der Waals surface area contributed by atoms with Gasteiger partial charge in [0.2, 0.25) is 5.95 Å². The summed E-state index contributed by atoms with van der Waals surface area (Å²) in [5.41, 5.74) is 1.30. The number of fused-ring (bicyclic) bond motifs is 1. The fourth-order valence-corrected chi connectivity index (χ4v) is 2.09. The summed E-state index contributed by atoms with van der Waals surface area (Å²) in [4.78, 5) is 4.18. The molecule has 0 spiro atoms. The first-order valence-corrected chi connectivity index (χ1v) is 6.04. The molecule has 1 aliphatic heterocycles. The predicted octanol–water partition coefficient (Wildman–Crippen LogP) is 0.163. The van der Waals surface area contributed by atoms with Gasteiger partial charge < -0.3 is 15.2 Å². The normalized spacial score (nSPS) is 23.2. The van der Waals surface area contributed by atoms with Crippen molar-refractivity contribution in [2.45, 2.75) is 18.6 Å². The van der Waals surface area contributed by atoms with E-state index in [0.717, 1.165) is 5.52 Å². The van der Waals surface area contributed by atoms with Gasteiger partial charge in [0.05, 0.1) is 36.0 Å². The molecule has 19 heavy (non-hydrogen) atoms. The maximum absolute atomic E-state index is 9.79. The highest BCUT2D eigenvalue weighted by Gasteiger charge is 2.24. The van der Waals surface area contributed by atoms with Gasteiger partial charge in [0.25, 0.3) is 0 Å². The quantitative estimate of drug-likeness (QED) is 0.797. The van der Waals surface area contributed by atoms with Gasteiger partial charge in [-0.05, 0) is 12.5 Å². The Bertz CT molecular complexity index is 633. The minimum atomic E-state index is -0.563. The van der Waals surface area contributed by atoms with Crippen molar-refractivity contribution in [3.05, 3.63) is 24.0 Å². The molecule has 0 aromatic carbocycles. The van der Waals surface area contributed by atoms with Gasteiger partial charge in [-0.15, -0.1) is 5.10 Å². The molecule has 0 saturated carbocycles. The first-order chi connectivity index (χ1) is 9.26. The number of nitrogens with zero attached hydrogens (tertiary/aromatic N) is 4. The van der Waals surface area contributed by atoms with Crippen molar-refractivity contribution in [2.24, 2.45) is 0 Å². The van der Waals surface area contributed by atoms with Crippen LogP contribution in [0.5, 0.6) is 0 Å². The molecular formula is C12H13N5O2. The van der Waals surface area contributed by atoms with E-state index in [4.69, 9.17) is 10.00 Å². The molecule has 2 aromatic heterocycles. The van der Waals surface area contributed by atoms with E-state index in [9.17, 15) is 5.11 Å². The zero-order chi connectivity index (χ0) is 13.2. The standard InChI is InChI=1S/C12H13N5O2/c13-4-8-3-9-5-14-12(16-17(9)6-8)15-10-1-2-19-7-11(10)18/h3,5-6,10-11,18H,1-2,7H2,(H,15,16)/t10-,11-/m0/s1. The van der Waals surface area contributed by atoms with E-state index in [0.29, 0.717) is 31.1 Å². The van der Waals surface area contributed by atoms with Crippen LogP contribution >= 0.6 is 0 Å². The van der Waals surface area contributed by atoms with Crippen LogP contribution < -0.4 is 5.32 Å². The second-order valence-corrected chi connectivity index (χ2v) is 4.47. The smallest absolute Gasteiger partial charge is 0.241 e. The monoisotopic (exact) mass is 259 g/mol. The highest BCUT2D eigenvalue weighted by atomic mass is 16.5. The molecule has 2 N–H and O–H groups in total. The molecule has 0 unspecified atom stereocenters. The van der Waals surface area contributed by atoms with Crippen LogP contribution in [-0.2, 0) is 4.74 Å². The van der Waals surface area contributed by atoms with Crippen LogP contribution in [0.2, 0.25) is 0 Å². The first kappa shape index (κ1) is 11.9. The van der Waals surface area contributed by atoms with Crippen molar-refractivity contribution in [2.75, 3.05) is 18.5 Å². The van der Waals surface area contributed by atoms with Crippen molar-refractivity contribution < 1.29 is 9.84 Å². The number of aliphatic hydroxyl groups is 1. The molecule has 2 aromatic rings. The molecule has 0 aliphatic carbocycles. The van der Waals surface area contributed by atoms with Crippen LogP contribution in [0.3, 0.4) is 0 Å². The fourth-order valence-electron chi connectivity index (χ4n) is 2.09. The highest BCUT2D eigenvalue weighted by Crippen LogP contribution is 2.13. The van der Waals surface area contributed by atoms with Gasteiger partial charge in [0.15, 0.2) is 0 Å². The first-order valence-electron chi connectivity index (χ1n) is 6.04. The Morgan fingerprint density at radius 2 is 2.47 bits per heavy atom. The van der Waals surface area contributed by atoms with E-state index < -0.39 is 6.10 Å². The van der Waals surface area contributed by atoms with E-state index in [2.05, 4.69) is 21.5 Å². The molecule has 1 fully saturated rings. The van der Waals surface area contributed by atoms with Crippen molar-refractivity contribution in [1.82, 2.24) is 14.6 Å². The molecule has 0 amide bonds. The van der Waals surface area contributed by atoms with Crippen LogP contribution in [0.25, 0.3) is 5.52 Å². The molecule has 1 saturated heterocycles. The van der Waals surface area contributed by atoms with Crippen LogP contribution in [-0.4, -0.2) is 45.1 Å². The second kappa shape index (κ2) is 4.84. The number of nitrogens with one attached hydrogen (secondary N) is 1. The summed E-state index contributed by atoms with van der Waals surface area (Å²) in [5.74, 6) is 0.429. The van der Waals surface area contributed by atoms with E-state index in [1.54, 1.807) is 23.0 Å². The van der Waals surface area contributed by atoms with Crippen molar-refractivity contribution in [3.63, 3.8) is 0 Å². The lowest BCUT2D eigenvalue weighted by atomic mass is 10.1. The Balaban J connectivity index is 1.82. The Hall–Kier alpha value is -2.17. The molecule has 3 heterocycles. The van der Waals surface area contributed by atoms with E-state index in [1.807, 2.05) is 0 Å². The molecule has 7 heteroatoms. The number of aliphatic hydroxyl groups excluding tert-OH is 1. The number of aromatic nitrogens is 3. The summed E-state index contributed by atoms with van der Waals surface area (Å²) in [6, 6.07) is 3.66. The average molecular weight is 259 g/mol. The van der Waals surface area contributed by atoms with Crippen molar-refractivity contribution >= 4 is 11.5 Å². The summed E-state index contributed by atoms with van der Waals surface area (Å²) < 4.78 is 6.76. The lowest BCUT2D eigenvalue weighted by Crippen LogP contribution is -2.42. The second-order valence-electron chi connectivity index (χ2n) is 4.47. The van der Waals surface area contributed by atoms with E-state index in [1.165, 1.54) is 0 Å². The summed E-state index contributed by atoms with van der Waals surface area (Å²) in [6.45, 7) is 0.932. The van der Waals surface area contributed by atoms with Gasteiger partial charge in [-0.3, -0.25) is 0 Å². The van der Waals surface area contributed by atoms with Gasteiger partial charge >= 0.3 is 0 Å². The fraction of sp³-hybridized carbons (Fsp3) is 0.417. The zero-order valence-corrected chi connectivity index (χ0v) is 10.2. The van der Waals surface area contributed by atoms with Crippen LogP contribution in [0, 0.1) is 11.3 Å². The van der Waals surface area contributed by atoms with Crippen molar-refractivity contribution in [1.29, 1.82) is 5.26 Å². The number of hydrogen-bond acceptors (Lipinski definition) is 6. The van der Waals surface area contributed by atoms with Gasteiger partial charge in [0, 0.05) is 12.8 Å². The molecule has 3 rings (SSSR count). The third-order valence-electron chi connectivity index (χ3n) is 3.12. The maximum Gasteiger partial charge on any atom is 0.241 e. The summed E-state index contributed by atoms with van der Waals surface area (Å²) >= 11 is 0. The Labute approximate surface area is 109 Å². The highest BCUT2D eigenvalue weighted by molar-refractivity contribution is 5.52. The van der Waals surface area contributed by atoms with Crippen LogP contribution in [0.1, 0.15) is 12.0 Å². The number of anilines is 1.